The largest absolute Gasteiger partial charge is 0.477 e. The summed E-state index contributed by atoms with van der Waals surface area (Å²) in [5.41, 5.74) is -0.503. The van der Waals surface area contributed by atoms with Crippen LogP contribution >= 0.6 is 15.9 Å². The number of Topliss-reactive ketones (excluding diaryl/α,β-unsaturated/α-hetero) is 1. The second-order valence-corrected chi connectivity index (χ2v) is 4.92. The minimum atomic E-state index is -1.35. The number of hydrogen-bond donors (Lipinski definition) is 1. The van der Waals surface area contributed by atoms with Crippen LogP contribution < -0.4 is 0 Å². The summed E-state index contributed by atoms with van der Waals surface area (Å²) < 4.78 is 28.2. The van der Waals surface area contributed by atoms with Gasteiger partial charge in [0.1, 0.15) is 17.3 Å². The molecule has 0 unspecified atom stereocenters. The van der Waals surface area contributed by atoms with E-state index in [1.165, 1.54) is 6.92 Å². The molecule has 0 fully saturated rings. The van der Waals surface area contributed by atoms with Crippen molar-refractivity contribution in [2.45, 2.75) is 6.92 Å². The van der Waals surface area contributed by atoms with Crippen LogP contribution in [0.2, 0.25) is 0 Å². The molecule has 0 saturated carbocycles. The summed E-state index contributed by atoms with van der Waals surface area (Å²) in [6.07, 6.45) is 1.16. The quantitative estimate of drug-likeness (QED) is 0.686. The first-order valence-corrected chi connectivity index (χ1v) is 6.22. The molecule has 20 heavy (non-hydrogen) atoms. The zero-order valence-corrected chi connectivity index (χ0v) is 11.7. The van der Waals surface area contributed by atoms with Crippen molar-refractivity contribution < 1.29 is 23.5 Å². The minimum Gasteiger partial charge on any atom is -0.477 e. The highest BCUT2D eigenvalue weighted by Crippen LogP contribution is 2.25. The summed E-state index contributed by atoms with van der Waals surface area (Å²) in [6, 6.07) is 2.86. The molecule has 0 bridgehead atoms. The standard InChI is InChI=1S/C13H8BrF2NO3/c1-6(18)7-2-12(13(19)20)17(5-7)11-4-9(15)8(14)3-10(11)16/h2-5H,1H3,(H,19,20). The SMILES string of the molecule is CC(=O)c1cc(C(=O)O)n(-c2cc(F)c(Br)cc2F)c1. The number of rotatable bonds is 3. The maximum Gasteiger partial charge on any atom is 0.352 e. The van der Waals surface area contributed by atoms with Crippen molar-refractivity contribution in [3.63, 3.8) is 0 Å². The van der Waals surface area contributed by atoms with Crippen LogP contribution in [0.4, 0.5) is 8.78 Å². The number of halogens is 3. The van der Waals surface area contributed by atoms with Crippen LogP contribution in [0.5, 0.6) is 0 Å². The maximum atomic E-state index is 13.9. The highest BCUT2D eigenvalue weighted by molar-refractivity contribution is 9.10. The van der Waals surface area contributed by atoms with Crippen LogP contribution in [0.15, 0.2) is 28.9 Å². The molecule has 0 saturated heterocycles. The molecule has 2 aromatic rings. The number of carbonyl (C=O) groups excluding carboxylic acids is 1. The van der Waals surface area contributed by atoms with E-state index in [1.54, 1.807) is 0 Å². The zero-order chi connectivity index (χ0) is 15.0. The van der Waals surface area contributed by atoms with E-state index in [0.717, 1.165) is 29.0 Å². The highest BCUT2D eigenvalue weighted by atomic mass is 79.9. The maximum absolute atomic E-state index is 13.9. The summed E-state index contributed by atoms with van der Waals surface area (Å²) in [4.78, 5) is 22.4. The Hall–Kier alpha value is -2.02. The first-order valence-electron chi connectivity index (χ1n) is 5.42. The number of carbonyl (C=O) groups is 2. The van der Waals surface area contributed by atoms with Gasteiger partial charge in [-0.15, -0.1) is 0 Å². The second-order valence-electron chi connectivity index (χ2n) is 4.06. The molecular formula is C13H8BrF2NO3. The minimum absolute atomic E-state index is 0.0745. The van der Waals surface area contributed by atoms with Gasteiger partial charge in [0.15, 0.2) is 5.78 Å². The van der Waals surface area contributed by atoms with Gasteiger partial charge in [-0.05, 0) is 35.0 Å². The molecule has 1 aromatic carbocycles. The summed E-state index contributed by atoms with van der Waals surface area (Å²) in [5, 5.41) is 9.08. The number of aromatic nitrogens is 1. The van der Waals surface area contributed by atoms with Crippen molar-refractivity contribution in [1.82, 2.24) is 4.57 Å². The molecule has 0 aliphatic heterocycles. The number of nitrogens with zero attached hydrogens (tertiary/aromatic N) is 1. The molecule has 1 aromatic heterocycles. The molecule has 0 amide bonds. The third-order valence-electron chi connectivity index (χ3n) is 2.69. The molecule has 104 valence electrons. The van der Waals surface area contributed by atoms with Crippen LogP contribution in [0.25, 0.3) is 5.69 Å². The van der Waals surface area contributed by atoms with Crippen LogP contribution in [0.3, 0.4) is 0 Å². The van der Waals surface area contributed by atoms with Gasteiger partial charge in [-0.1, -0.05) is 0 Å². The van der Waals surface area contributed by atoms with Crippen molar-refractivity contribution >= 4 is 27.7 Å². The van der Waals surface area contributed by atoms with Crippen LogP contribution in [0.1, 0.15) is 27.8 Å². The smallest absolute Gasteiger partial charge is 0.352 e. The van der Waals surface area contributed by atoms with Gasteiger partial charge in [0.05, 0.1) is 10.2 Å². The highest BCUT2D eigenvalue weighted by Gasteiger charge is 2.19. The lowest BCUT2D eigenvalue weighted by Gasteiger charge is -2.08. The van der Waals surface area contributed by atoms with Gasteiger partial charge in [-0.25, -0.2) is 13.6 Å². The fourth-order valence-electron chi connectivity index (χ4n) is 1.72. The average molecular weight is 344 g/mol. The molecule has 0 aliphatic carbocycles. The van der Waals surface area contributed by atoms with E-state index in [0.29, 0.717) is 0 Å². The van der Waals surface area contributed by atoms with E-state index in [4.69, 9.17) is 5.11 Å². The lowest BCUT2D eigenvalue weighted by molar-refractivity contribution is 0.0688. The second kappa shape index (κ2) is 5.16. The Labute approximate surface area is 120 Å². The predicted molar refractivity (Wildman–Crippen MR) is 70.3 cm³/mol. The number of hydrogen-bond acceptors (Lipinski definition) is 2. The molecular weight excluding hydrogens is 336 g/mol. The van der Waals surface area contributed by atoms with Crippen LogP contribution in [-0.2, 0) is 0 Å². The number of aromatic carboxylic acids is 1. The number of benzene rings is 1. The van der Waals surface area contributed by atoms with Crippen molar-refractivity contribution in [3.8, 4) is 5.69 Å². The first-order chi connectivity index (χ1) is 9.31. The van der Waals surface area contributed by atoms with Crippen molar-refractivity contribution in [3.05, 3.63) is 51.8 Å². The van der Waals surface area contributed by atoms with Crippen molar-refractivity contribution in [1.29, 1.82) is 0 Å². The third kappa shape index (κ3) is 2.49. The van der Waals surface area contributed by atoms with E-state index in [2.05, 4.69) is 15.9 Å². The number of carboxylic acids is 1. The Bertz CT molecular complexity index is 725. The monoisotopic (exact) mass is 343 g/mol. The van der Waals surface area contributed by atoms with Gasteiger partial charge in [0, 0.05) is 17.8 Å². The van der Waals surface area contributed by atoms with Gasteiger partial charge in [-0.2, -0.15) is 0 Å². The lowest BCUT2D eigenvalue weighted by Crippen LogP contribution is -2.07. The Kier molecular flexibility index (Phi) is 3.71. The van der Waals surface area contributed by atoms with Gasteiger partial charge in [0.25, 0.3) is 0 Å². The van der Waals surface area contributed by atoms with Crippen molar-refractivity contribution in [2.24, 2.45) is 0 Å². The molecule has 1 heterocycles. The van der Waals surface area contributed by atoms with E-state index in [1.807, 2.05) is 0 Å². The van der Waals surface area contributed by atoms with E-state index >= 15 is 0 Å². The van der Waals surface area contributed by atoms with E-state index in [9.17, 15) is 18.4 Å². The fraction of sp³-hybridized carbons (Fsp3) is 0.0769. The van der Waals surface area contributed by atoms with E-state index < -0.39 is 17.6 Å². The molecule has 2 rings (SSSR count). The molecule has 0 atom stereocenters. The Morgan fingerprint density at radius 3 is 2.40 bits per heavy atom. The van der Waals surface area contributed by atoms with Gasteiger partial charge in [0.2, 0.25) is 0 Å². The number of ketones is 1. The predicted octanol–water partition coefficient (Wildman–Crippen LogP) is 3.42. The van der Waals surface area contributed by atoms with Gasteiger partial charge >= 0.3 is 5.97 Å². The van der Waals surface area contributed by atoms with Gasteiger partial charge in [-0.3, -0.25) is 4.79 Å². The molecule has 0 spiro atoms. The Balaban J connectivity index is 2.71. The summed E-state index contributed by atoms with van der Waals surface area (Å²) in [6.45, 7) is 1.25. The van der Waals surface area contributed by atoms with E-state index in [-0.39, 0.29) is 27.2 Å². The molecule has 0 aliphatic rings. The molecule has 1 N–H and O–H groups in total. The Morgan fingerprint density at radius 1 is 1.20 bits per heavy atom. The van der Waals surface area contributed by atoms with Crippen LogP contribution in [-0.4, -0.2) is 21.4 Å². The summed E-state index contributed by atoms with van der Waals surface area (Å²) >= 11 is 2.83. The first kappa shape index (κ1) is 14.4. The lowest BCUT2D eigenvalue weighted by atomic mass is 10.2. The molecule has 4 nitrogen and oxygen atoms in total. The topological polar surface area (TPSA) is 59.3 Å². The molecule has 7 heteroatoms. The number of carboxylic acid groups (broad SMARTS) is 1. The Morgan fingerprint density at radius 2 is 1.85 bits per heavy atom. The van der Waals surface area contributed by atoms with Crippen LogP contribution in [0, 0.1) is 11.6 Å². The normalized spacial score (nSPS) is 10.6. The average Bonchev–Trinajstić information content (AvgIpc) is 2.78. The van der Waals surface area contributed by atoms with Gasteiger partial charge < -0.3 is 9.67 Å². The zero-order valence-electron chi connectivity index (χ0n) is 10.2. The summed E-state index contributed by atoms with van der Waals surface area (Å²) in [5.74, 6) is -3.27. The van der Waals surface area contributed by atoms with Crippen molar-refractivity contribution in [2.75, 3.05) is 0 Å². The molecule has 0 radical (unpaired) electrons. The third-order valence-corrected chi connectivity index (χ3v) is 3.30. The fourth-order valence-corrected chi connectivity index (χ4v) is 2.03. The summed E-state index contributed by atoms with van der Waals surface area (Å²) in [7, 11) is 0.